The number of aliphatic hydroxyl groups is 1. The zero-order valence-electron chi connectivity index (χ0n) is 8.03. The highest BCUT2D eigenvalue weighted by Gasteiger charge is 2.45. The van der Waals surface area contributed by atoms with Gasteiger partial charge in [-0.25, -0.2) is 4.98 Å². The second-order valence-electron chi connectivity index (χ2n) is 3.82. The van der Waals surface area contributed by atoms with Crippen LogP contribution in [-0.4, -0.2) is 10.1 Å². The van der Waals surface area contributed by atoms with Crippen molar-refractivity contribution in [3.8, 4) is 6.07 Å². The number of aliphatic hydroxyl groups excluding tert-OH is 1. The van der Waals surface area contributed by atoms with Crippen molar-refractivity contribution in [1.29, 1.82) is 5.26 Å². The van der Waals surface area contributed by atoms with Gasteiger partial charge in [0.15, 0.2) is 0 Å². The Labute approximate surface area is 87.0 Å². The van der Waals surface area contributed by atoms with Crippen molar-refractivity contribution >= 4 is 11.3 Å². The van der Waals surface area contributed by atoms with E-state index in [4.69, 9.17) is 5.26 Å². The number of hydrogen-bond acceptors (Lipinski definition) is 4. The van der Waals surface area contributed by atoms with E-state index >= 15 is 0 Å². The van der Waals surface area contributed by atoms with Gasteiger partial charge < -0.3 is 5.11 Å². The highest BCUT2D eigenvalue weighted by Crippen LogP contribution is 2.49. The van der Waals surface area contributed by atoms with E-state index in [0.29, 0.717) is 5.69 Å². The molecule has 1 atom stereocenters. The van der Waals surface area contributed by atoms with Gasteiger partial charge in [0.2, 0.25) is 0 Å². The molecule has 1 aromatic heterocycles. The molecular weight excluding hydrogens is 196 g/mol. The highest BCUT2D eigenvalue weighted by molar-refractivity contribution is 7.09. The smallest absolute Gasteiger partial charge is 0.115 e. The molecule has 3 nitrogen and oxygen atoms in total. The van der Waals surface area contributed by atoms with Crippen LogP contribution >= 0.6 is 11.3 Å². The summed E-state index contributed by atoms with van der Waals surface area (Å²) in [5.41, 5.74) is 0.106. The molecule has 2 rings (SSSR count). The van der Waals surface area contributed by atoms with E-state index in [1.165, 1.54) is 11.3 Å². The van der Waals surface area contributed by atoms with Gasteiger partial charge in [0.05, 0.1) is 22.2 Å². The van der Waals surface area contributed by atoms with Crippen LogP contribution in [0.2, 0.25) is 0 Å². The van der Waals surface area contributed by atoms with Crippen LogP contribution in [0.3, 0.4) is 0 Å². The van der Waals surface area contributed by atoms with Crippen LogP contribution in [-0.2, 0) is 0 Å². The second kappa shape index (κ2) is 3.34. The summed E-state index contributed by atoms with van der Waals surface area (Å²) in [6, 6.07) is 2.24. The first kappa shape index (κ1) is 9.63. The highest BCUT2D eigenvalue weighted by atomic mass is 32.1. The third kappa shape index (κ3) is 1.33. The predicted molar refractivity (Wildman–Crippen MR) is 53.7 cm³/mol. The molecule has 0 bridgehead atoms. The van der Waals surface area contributed by atoms with Gasteiger partial charge in [0.25, 0.3) is 0 Å². The molecule has 4 heteroatoms. The van der Waals surface area contributed by atoms with E-state index < -0.39 is 11.5 Å². The Morgan fingerprint density at radius 1 is 1.71 bits per heavy atom. The Balaban J connectivity index is 2.23. The summed E-state index contributed by atoms with van der Waals surface area (Å²) in [6.45, 7) is 1.90. The van der Waals surface area contributed by atoms with E-state index in [1.807, 2.05) is 12.3 Å². The third-order valence-electron chi connectivity index (χ3n) is 2.91. The van der Waals surface area contributed by atoms with Gasteiger partial charge in [-0.15, -0.1) is 11.3 Å². The van der Waals surface area contributed by atoms with Crippen LogP contribution in [0, 0.1) is 23.7 Å². The fraction of sp³-hybridized carbons (Fsp3) is 0.600. The second-order valence-corrected chi connectivity index (χ2v) is 4.88. The molecule has 1 N–H and O–H groups in total. The van der Waals surface area contributed by atoms with Gasteiger partial charge in [-0.2, -0.15) is 5.26 Å². The minimum absolute atomic E-state index is 0.555. The molecule has 0 radical (unpaired) electrons. The van der Waals surface area contributed by atoms with Crippen LogP contribution in [0.25, 0.3) is 0 Å². The average molecular weight is 208 g/mol. The summed E-state index contributed by atoms with van der Waals surface area (Å²) >= 11 is 1.51. The van der Waals surface area contributed by atoms with Gasteiger partial charge >= 0.3 is 0 Å². The number of hydrogen-bond donors (Lipinski definition) is 1. The molecule has 1 unspecified atom stereocenters. The van der Waals surface area contributed by atoms with Crippen molar-refractivity contribution in [3.05, 3.63) is 16.1 Å². The molecule has 74 valence electrons. The molecule has 1 aliphatic rings. The summed E-state index contributed by atoms with van der Waals surface area (Å²) in [6.07, 6.45) is 1.92. The van der Waals surface area contributed by atoms with Crippen molar-refractivity contribution in [2.24, 2.45) is 5.41 Å². The molecule has 1 saturated carbocycles. The lowest BCUT2D eigenvalue weighted by atomic mass is 9.65. The lowest BCUT2D eigenvalue weighted by Gasteiger charge is -2.38. The molecule has 0 aliphatic heterocycles. The fourth-order valence-corrected chi connectivity index (χ4v) is 2.42. The van der Waals surface area contributed by atoms with Crippen LogP contribution in [0.15, 0.2) is 5.38 Å². The van der Waals surface area contributed by atoms with Gasteiger partial charge in [-0.05, 0) is 19.8 Å². The topological polar surface area (TPSA) is 56.9 Å². The maximum absolute atomic E-state index is 10.0. The van der Waals surface area contributed by atoms with E-state index in [-0.39, 0.29) is 0 Å². The number of nitriles is 1. The van der Waals surface area contributed by atoms with Crippen molar-refractivity contribution in [2.45, 2.75) is 32.3 Å². The van der Waals surface area contributed by atoms with E-state index in [2.05, 4.69) is 11.1 Å². The Morgan fingerprint density at radius 3 is 2.79 bits per heavy atom. The minimum Gasteiger partial charge on any atom is -0.385 e. The molecule has 0 saturated heterocycles. The van der Waals surface area contributed by atoms with Gasteiger partial charge in [-0.1, -0.05) is 6.42 Å². The number of nitrogens with zero attached hydrogens (tertiary/aromatic N) is 2. The summed E-state index contributed by atoms with van der Waals surface area (Å²) < 4.78 is 0. The molecule has 0 amide bonds. The molecule has 1 heterocycles. The lowest BCUT2D eigenvalue weighted by Crippen LogP contribution is -2.34. The number of rotatable bonds is 2. The van der Waals surface area contributed by atoms with Gasteiger partial charge in [0, 0.05) is 5.38 Å². The zero-order valence-corrected chi connectivity index (χ0v) is 8.84. The fourth-order valence-electron chi connectivity index (χ4n) is 1.79. The summed E-state index contributed by atoms with van der Waals surface area (Å²) in [5, 5.41) is 21.8. The minimum atomic E-state index is -0.703. The van der Waals surface area contributed by atoms with Crippen molar-refractivity contribution in [3.63, 3.8) is 0 Å². The SMILES string of the molecule is Cc1nc(C(O)C2(C#N)CCC2)cs1. The first-order valence-corrected chi connectivity index (χ1v) is 5.57. The first-order chi connectivity index (χ1) is 6.68. The number of aryl methyl sites for hydroxylation is 1. The molecule has 0 spiro atoms. The van der Waals surface area contributed by atoms with Crippen molar-refractivity contribution in [2.75, 3.05) is 0 Å². The van der Waals surface area contributed by atoms with Crippen LogP contribution in [0.5, 0.6) is 0 Å². The maximum Gasteiger partial charge on any atom is 0.115 e. The van der Waals surface area contributed by atoms with Crippen molar-refractivity contribution in [1.82, 2.24) is 4.98 Å². The average Bonchev–Trinajstić information content (AvgIpc) is 2.50. The Bertz CT molecular complexity index is 376. The van der Waals surface area contributed by atoms with Gasteiger partial charge in [-0.3, -0.25) is 0 Å². The lowest BCUT2D eigenvalue weighted by molar-refractivity contribution is 0.00539. The molecular formula is C10H12N2OS. The van der Waals surface area contributed by atoms with Gasteiger partial charge in [0.1, 0.15) is 6.10 Å². The quantitative estimate of drug-likeness (QED) is 0.810. The van der Waals surface area contributed by atoms with Crippen LogP contribution in [0.1, 0.15) is 36.1 Å². The first-order valence-electron chi connectivity index (χ1n) is 4.69. The number of thiazole rings is 1. The maximum atomic E-state index is 10.0. The Hall–Kier alpha value is -0.920. The van der Waals surface area contributed by atoms with E-state index in [9.17, 15) is 5.11 Å². The van der Waals surface area contributed by atoms with Crippen LogP contribution < -0.4 is 0 Å². The third-order valence-corrected chi connectivity index (χ3v) is 3.70. The molecule has 1 aliphatic carbocycles. The molecule has 14 heavy (non-hydrogen) atoms. The summed E-state index contributed by atoms with van der Waals surface area (Å²) in [7, 11) is 0. The Morgan fingerprint density at radius 2 is 2.43 bits per heavy atom. The molecule has 1 aromatic rings. The summed E-state index contributed by atoms with van der Waals surface area (Å²) in [4.78, 5) is 4.22. The van der Waals surface area contributed by atoms with E-state index in [0.717, 1.165) is 24.3 Å². The van der Waals surface area contributed by atoms with Crippen LogP contribution in [0.4, 0.5) is 0 Å². The molecule has 0 aromatic carbocycles. The number of aromatic nitrogens is 1. The molecule has 1 fully saturated rings. The summed E-state index contributed by atoms with van der Waals surface area (Å²) in [5.74, 6) is 0. The monoisotopic (exact) mass is 208 g/mol. The standard InChI is InChI=1S/C10H12N2OS/c1-7-12-8(5-14-7)9(13)10(6-11)3-2-4-10/h5,9,13H,2-4H2,1H3. The zero-order chi connectivity index (χ0) is 10.2. The van der Waals surface area contributed by atoms with Crippen molar-refractivity contribution < 1.29 is 5.11 Å². The predicted octanol–water partition coefficient (Wildman–Crippen LogP) is 2.18. The Kier molecular flexibility index (Phi) is 2.30. The normalized spacial score (nSPS) is 20.9. The van der Waals surface area contributed by atoms with E-state index in [1.54, 1.807) is 0 Å². The largest absolute Gasteiger partial charge is 0.385 e.